The van der Waals surface area contributed by atoms with Crippen LogP contribution in [0.3, 0.4) is 0 Å². The molecule has 0 bridgehead atoms. The zero-order chi connectivity index (χ0) is 18.6. The van der Waals surface area contributed by atoms with Crippen LogP contribution in [0.25, 0.3) is 0 Å². The van der Waals surface area contributed by atoms with E-state index in [0.717, 1.165) is 17.4 Å². The van der Waals surface area contributed by atoms with E-state index in [2.05, 4.69) is 14.8 Å². The molecular formula is C14H13ClF2N2O4S2. The monoisotopic (exact) mass is 410 g/mol. The van der Waals surface area contributed by atoms with E-state index in [4.69, 9.17) is 11.6 Å². The number of amides is 1. The summed E-state index contributed by atoms with van der Waals surface area (Å²) in [5.74, 6) is -0.481. The highest BCUT2D eigenvalue weighted by atomic mass is 35.5. The Morgan fingerprint density at radius 3 is 2.64 bits per heavy atom. The molecule has 0 unspecified atom stereocenters. The fourth-order valence-electron chi connectivity index (χ4n) is 1.77. The second-order valence-corrected chi connectivity index (χ2v) is 8.24. The first-order chi connectivity index (χ1) is 11.7. The molecule has 2 aromatic rings. The Morgan fingerprint density at radius 1 is 1.32 bits per heavy atom. The molecule has 0 atom stereocenters. The molecule has 2 N–H and O–H groups in total. The molecule has 0 saturated carbocycles. The maximum atomic E-state index is 12.3. The van der Waals surface area contributed by atoms with Gasteiger partial charge in [-0.05, 0) is 30.3 Å². The minimum Gasteiger partial charge on any atom is -0.433 e. The van der Waals surface area contributed by atoms with Crippen LogP contribution in [-0.2, 0) is 21.4 Å². The summed E-state index contributed by atoms with van der Waals surface area (Å²) < 4.78 is 55.6. The molecule has 0 aliphatic heterocycles. The molecule has 0 radical (unpaired) electrons. The number of hydrogen-bond acceptors (Lipinski definition) is 5. The number of halogens is 3. The zero-order valence-corrected chi connectivity index (χ0v) is 15.1. The summed E-state index contributed by atoms with van der Waals surface area (Å²) in [5, 5.41) is 2.41. The lowest BCUT2D eigenvalue weighted by Crippen LogP contribution is -2.18. The molecule has 11 heteroatoms. The van der Waals surface area contributed by atoms with Gasteiger partial charge in [0.25, 0.3) is 10.0 Å². The number of anilines is 1. The van der Waals surface area contributed by atoms with E-state index < -0.39 is 16.6 Å². The number of carbonyl (C=O) groups is 1. The van der Waals surface area contributed by atoms with Crippen LogP contribution in [0.15, 0.2) is 34.5 Å². The predicted octanol–water partition coefficient (Wildman–Crippen LogP) is 3.44. The maximum Gasteiger partial charge on any atom is 0.387 e. The van der Waals surface area contributed by atoms with Gasteiger partial charge in [-0.15, -0.1) is 11.3 Å². The van der Waals surface area contributed by atoms with E-state index in [1.165, 1.54) is 25.1 Å². The van der Waals surface area contributed by atoms with E-state index in [-0.39, 0.29) is 33.1 Å². The predicted molar refractivity (Wildman–Crippen MR) is 90.7 cm³/mol. The Kier molecular flexibility index (Phi) is 6.20. The molecule has 0 fully saturated rings. The van der Waals surface area contributed by atoms with E-state index >= 15 is 0 Å². The van der Waals surface area contributed by atoms with E-state index in [1.807, 2.05) is 0 Å². The summed E-state index contributed by atoms with van der Waals surface area (Å²) in [6.45, 7) is -1.45. The van der Waals surface area contributed by atoms with Crippen molar-refractivity contribution in [2.45, 2.75) is 24.3 Å². The van der Waals surface area contributed by atoms with Gasteiger partial charge in [-0.2, -0.15) is 8.78 Å². The van der Waals surface area contributed by atoms with Crippen molar-refractivity contribution < 1.29 is 26.7 Å². The number of alkyl halides is 2. The molecule has 6 nitrogen and oxygen atoms in total. The number of sulfonamides is 1. The van der Waals surface area contributed by atoms with Crippen molar-refractivity contribution in [3.63, 3.8) is 0 Å². The number of carbonyl (C=O) groups excluding carboxylic acids is 1. The minimum atomic E-state index is -3.88. The first kappa shape index (κ1) is 19.4. The van der Waals surface area contributed by atoms with Crippen LogP contribution < -0.4 is 14.8 Å². The molecule has 136 valence electrons. The van der Waals surface area contributed by atoms with E-state index in [9.17, 15) is 22.0 Å². The number of thiophene rings is 1. The summed E-state index contributed by atoms with van der Waals surface area (Å²) in [4.78, 5) is 11.5. The summed E-state index contributed by atoms with van der Waals surface area (Å²) in [6.07, 6.45) is 0. The van der Waals surface area contributed by atoms with Crippen molar-refractivity contribution in [2.75, 3.05) is 4.72 Å². The summed E-state index contributed by atoms with van der Waals surface area (Å²) in [6, 6.07) is 6.56. The second kappa shape index (κ2) is 7.98. The molecule has 0 saturated heterocycles. The standard InChI is InChI=1S/C14H13ClF2N2O4S2/c1-8(20)18-7-10-3-5-13(24-10)25(21,22)19-9-2-4-12(11(15)6-9)23-14(16)17/h2-6,14,19H,7H2,1H3,(H,18,20). The second-order valence-electron chi connectivity index (χ2n) is 4.76. The molecule has 1 aromatic heterocycles. The topological polar surface area (TPSA) is 84.5 Å². The van der Waals surface area contributed by atoms with Crippen molar-refractivity contribution in [2.24, 2.45) is 0 Å². The van der Waals surface area contributed by atoms with Gasteiger partial charge in [0.1, 0.15) is 9.96 Å². The molecule has 0 aliphatic rings. The maximum absolute atomic E-state index is 12.3. The van der Waals surface area contributed by atoms with Crippen LogP contribution in [-0.4, -0.2) is 20.9 Å². The highest BCUT2D eigenvalue weighted by Gasteiger charge is 2.18. The first-order valence-corrected chi connectivity index (χ1v) is 9.45. The molecule has 1 heterocycles. The molecule has 0 aliphatic carbocycles. The summed E-state index contributed by atoms with van der Waals surface area (Å²) >= 11 is 6.79. The fraction of sp³-hybridized carbons (Fsp3) is 0.214. The zero-order valence-electron chi connectivity index (χ0n) is 12.8. The molecule has 1 aromatic carbocycles. The van der Waals surface area contributed by atoms with Crippen molar-refractivity contribution in [3.8, 4) is 5.75 Å². The van der Waals surface area contributed by atoms with Gasteiger partial charge in [0, 0.05) is 11.8 Å². The Hall–Kier alpha value is -1.91. The lowest BCUT2D eigenvalue weighted by Gasteiger charge is -2.10. The fourth-order valence-corrected chi connectivity index (χ4v) is 4.34. The molecule has 2 rings (SSSR count). The van der Waals surface area contributed by atoms with Gasteiger partial charge < -0.3 is 10.1 Å². The third-order valence-corrected chi connectivity index (χ3v) is 6.07. The van der Waals surface area contributed by atoms with Crippen molar-refractivity contribution in [1.82, 2.24) is 5.32 Å². The van der Waals surface area contributed by atoms with Crippen LogP contribution in [0.5, 0.6) is 5.75 Å². The van der Waals surface area contributed by atoms with Gasteiger partial charge in [0.15, 0.2) is 0 Å². The van der Waals surface area contributed by atoms with Gasteiger partial charge in [0.05, 0.1) is 17.3 Å². The molecule has 0 spiro atoms. The number of benzene rings is 1. The Bertz CT molecular complexity index is 871. The lowest BCUT2D eigenvalue weighted by atomic mass is 10.3. The quantitative estimate of drug-likeness (QED) is 0.732. The van der Waals surface area contributed by atoms with Gasteiger partial charge in [-0.25, -0.2) is 8.42 Å². The van der Waals surface area contributed by atoms with Crippen molar-refractivity contribution in [1.29, 1.82) is 0 Å². The van der Waals surface area contributed by atoms with Gasteiger partial charge in [-0.1, -0.05) is 11.6 Å². The van der Waals surface area contributed by atoms with Gasteiger partial charge >= 0.3 is 6.61 Å². The van der Waals surface area contributed by atoms with Crippen LogP contribution in [0.1, 0.15) is 11.8 Å². The molecular weight excluding hydrogens is 398 g/mol. The number of rotatable bonds is 7. The van der Waals surface area contributed by atoms with Crippen molar-refractivity contribution >= 4 is 44.6 Å². The number of hydrogen-bond donors (Lipinski definition) is 2. The first-order valence-electron chi connectivity index (χ1n) is 6.78. The Morgan fingerprint density at radius 2 is 2.04 bits per heavy atom. The van der Waals surface area contributed by atoms with Gasteiger partial charge in [0.2, 0.25) is 5.91 Å². The van der Waals surface area contributed by atoms with Crippen molar-refractivity contribution in [3.05, 3.63) is 40.2 Å². The SMILES string of the molecule is CC(=O)NCc1ccc(S(=O)(=O)Nc2ccc(OC(F)F)c(Cl)c2)s1. The molecule has 1 amide bonds. The normalized spacial score (nSPS) is 11.4. The van der Waals surface area contributed by atoms with E-state index in [0.29, 0.717) is 4.88 Å². The average molecular weight is 411 g/mol. The molecule has 25 heavy (non-hydrogen) atoms. The third kappa shape index (κ3) is 5.55. The highest BCUT2D eigenvalue weighted by molar-refractivity contribution is 7.94. The average Bonchev–Trinajstić information content (AvgIpc) is 2.97. The minimum absolute atomic E-state index is 0.0388. The van der Waals surface area contributed by atoms with Crippen LogP contribution in [0, 0.1) is 0 Å². The van der Waals surface area contributed by atoms with E-state index in [1.54, 1.807) is 6.07 Å². The largest absolute Gasteiger partial charge is 0.433 e. The number of nitrogens with one attached hydrogen (secondary N) is 2. The van der Waals surface area contributed by atoms with Crippen LogP contribution in [0.2, 0.25) is 5.02 Å². The summed E-state index contributed by atoms with van der Waals surface area (Å²) in [7, 11) is -3.88. The number of ether oxygens (including phenoxy) is 1. The Balaban J connectivity index is 2.13. The summed E-state index contributed by atoms with van der Waals surface area (Å²) in [5.41, 5.74) is 0.100. The van der Waals surface area contributed by atoms with Crippen LogP contribution >= 0.6 is 22.9 Å². The smallest absolute Gasteiger partial charge is 0.387 e. The van der Waals surface area contributed by atoms with Gasteiger partial charge in [-0.3, -0.25) is 9.52 Å². The lowest BCUT2D eigenvalue weighted by molar-refractivity contribution is -0.119. The third-order valence-electron chi connectivity index (χ3n) is 2.81. The Labute approximate surface area is 151 Å². The highest BCUT2D eigenvalue weighted by Crippen LogP contribution is 2.31. The van der Waals surface area contributed by atoms with Crippen LogP contribution in [0.4, 0.5) is 14.5 Å².